The minimum atomic E-state index is -0.335. The molecule has 0 spiro atoms. The van der Waals surface area contributed by atoms with Crippen LogP contribution < -0.4 is 15.5 Å². The topological polar surface area (TPSA) is 62.6 Å². The van der Waals surface area contributed by atoms with Gasteiger partial charge in [-0.05, 0) is 38.8 Å². The van der Waals surface area contributed by atoms with E-state index in [0.717, 1.165) is 16.0 Å². The number of benzene rings is 2. The van der Waals surface area contributed by atoms with Crippen molar-refractivity contribution < 1.29 is 14.5 Å². The first-order chi connectivity index (χ1) is 13.4. The van der Waals surface area contributed by atoms with E-state index in [1.54, 1.807) is 0 Å². The number of nitrogens with one attached hydrogen (secondary N) is 3. The average molecular weight is 383 g/mol. The number of quaternary nitrogens is 1. The van der Waals surface area contributed by atoms with Gasteiger partial charge in [0, 0.05) is 6.04 Å². The predicted octanol–water partition coefficient (Wildman–Crippen LogP) is 1.71. The molecule has 2 aromatic carbocycles. The van der Waals surface area contributed by atoms with Crippen LogP contribution in [-0.2, 0) is 9.59 Å². The molecule has 0 aliphatic carbocycles. The van der Waals surface area contributed by atoms with Gasteiger partial charge in [0.15, 0.2) is 12.6 Å². The van der Waals surface area contributed by atoms with Crippen molar-refractivity contribution in [3.8, 4) is 0 Å². The number of carbonyl (C=O) groups is 2. The summed E-state index contributed by atoms with van der Waals surface area (Å²) in [5.41, 5.74) is 2.06. The van der Waals surface area contributed by atoms with Crippen LogP contribution in [-0.4, -0.2) is 37.0 Å². The highest BCUT2D eigenvalue weighted by atomic mass is 16.2. The van der Waals surface area contributed by atoms with Gasteiger partial charge in [0.25, 0.3) is 11.8 Å². The Balaban J connectivity index is 2.14. The second-order valence-electron chi connectivity index (χ2n) is 7.40. The Morgan fingerprint density at radius 2 is 1.36 bits per heavy atom. The van der Waals surface area contributed by atoms with E-state index in [0.29, 0.717) is 6.54 Å². The molecule has 0 fully saturated rings. The molecule has 1 unspecified atom stereocenters. The van der Waals surface area contributed by atoms with Gasteiger partial charge in [0.1, 0.15) is 0 Å². The molecular weight excluding hydrogens is 350 g/mol. The third kappa shape index (κ3) is 6.20. The molecule has 3 N–H and O–H groups in total. The molecule has 0 aliphatic rings. The van der Waals surface area contributed by atoms with Crippen molar-refractivity contribution >= 4 is 11.8 Å². The lowest BCUT2D eigenvalue weighted by Gasteiger charge is -2.27. The molecule has 0 saturated carbocycles. The fourth-order valence-electron chi connectivity index (χ4n) is 3.27. The maximum absolute atomic E-state index is 13.0. The zero-order valence-electron chi connectivity index (χ0n) is 17.2. The number of hydrogen-bond acceptors (Lipinski definition) is 2. The smallest absolute Gasteiger partial charge is 0.278 e. The van der Waals surface area contributed by atoms with Crippen LogP contribution in [0.15, 0.2) is 60.7 Å². The number of amides is 2. The van der Waals surface area contributed by atoms with Crippen LogP contribution in [0.3, 0.4) is 0 Å². The van der Waals surface area contributed by atoms with Gasteiger partial charge in [-0.3, -0.25) is 9.59 Å². The maximum Gasteiger partial charge on any atom is 0.278 e. The number of carbonyl (C=O) groups excluding carboxylic acids is 2. The first-order valence-electron chi connectivity index (χ1n) is 9.96. The van der Waals surface area contributed by atoms with Crippen molar-refractivity contribution in [2.45, 2.75) is 45.8 Å². The third-order valence-corrected chi connectivity index (χ3v) is 4.85. The molecule has 2 atom stereocenters. The van der Waals surface area contributed by atoms with Crippen LogP contribution in [0.1, 0.15) is 44.9 Å². The molecular formula is C23H32N3O2+. The van der Waals surface area contributed by atoms with E-state index in [-0.39, 0.29) is 36.5 Å². The Bertz CT molecular complexity index is 707. The highest BCUT2D eigenvalue weighted by Gasteiger charge is 2.28. The summed E-state index contributed by atoms with van der Waals surface area (Å²) in [4.78, 5) is 26.1. The maximum atomic E-state index is 13.0. The summed E-state index contributed by atoms with van der Waals surface area (Å²) in [5, 5.41) is 6.09. The van der Waals surface area contributed by atoms with Crippen molar-refractivity contribution in [3.05, 3.63) is 71.8 Å². The number of likely N-dealkylation sites (N-methyl/N-ethyl adjacent to an activating group) is 1. The summed E-state index contributed by atoms with van der Waals surface area (Å²) in [6.07, 6.45) is 0. The zero-order valence-corrected chi connectivity index (χ0v) is 17.2. The van der Waals surface area contributed by atoms with Gasteiger partial charge in [-0.2, -0.15) is 0 Å². The third-order valence-electron chi connectivity index (χ3n) is 4.85. The van der Waals surface area contributed by atoms with Crippen molar-refractivity contribution in [3.63, 3.8) is 0 Å². The van der Waals surface area contributed by atoms with E-state index in [4.69, 9.17) is 0 Å². The number of hydrogen-bond donors (Lipinski definition) is 3. The Morgan fingerprint density at radius 1 is 0.857 bits per heavy atom. The van der Waals surface area contributed by atoms with Crippen LogP contribution in [0, 0.1) is 0 Å². The minimum absolute atomic E-state index is 0.0332. The summed E-state index contributed by atoms with van der Waals surface area (Å²) in [6, 6.07) is 19.4. The SMILES string of the molecule is CC[NH+](CC(=O)NC(C)C)[C@H](C)C(=O)NC(c1ccccc1)c1ccccc1. The summed E-state index contributed by atoms with van der Waals surface area (Å²) in [7, 11) is 0. The molecule has 150 valence electrons. The minimum Gasteiger partial charge on any atom is -0.349 e. The fraction of sp³-hybridized carbons (Fsp3) is 0.391. The molecule has 0 radical (unpaired) electrons. The highest BCUT2D eigenvalue weighted by molar-refractivity contribution is 5.82. The quantitative estimate of drug-likeness (QED) is 0.618. The van der Waals surface area contributed by atoms with Gasteiger partial charge in [0.2, 0.25) is 0 Å². The lowest BCUT2D eigenvalue weighted by Crippen LogP contribution is -3.17. The largest absolute Gasteiger partial charge is 0.349 e. The van der Waals surface area contributed by atoms with Gasteiger partial charge >= 0.3 is 0 Å². The Kier molecular flexibility index (Phi) is 8.20. The summed E-state index contributed by atoms with van der Waals surface area (Å²) in [5.74, 6) is -0.0962. The first kappa shape index (κ1) is 21.6. The molecule has 0 bridgehead atoms. The van der Waals surface area contributed by atoms with Crippen LogP contribution in [0.25, 0.3) is 0 Å². The lowest BCUT2D eigenvalue weighted by atomic mass is 9.98. The van der Waals surface area contributed by atoms with Crippen LogP contribution in [0.4, 0.5) is 0 Å². The molecule has 2 rings (SSSR count). The van der Waals surface area contributed by atoms with Crippen LogP contribution in [0.2, 0.25) is 0 Å². The fourth-order valence-corrected chi connectivity index (χ4v) is 3.27. The summed E-state index contributed by atoms with van der Waals surface area (Å²) >= 11 is 0. The van der Waals surface area contributed by atoms with Crippen LogP contribution in [0.5, 0.6) is 0 Å². The second kappa shape index (κ2) is 10.6. The Hall–Kier alpha value is -2.66. The van der Waals surface area contributed by atoms with E-state index in [9.17, 15) is 9.59 Å². The molecule has 0 heterocycles. The van der Waals surface area contributed by atoms with Crippen molar-refractivity contribution in [2.75, 3.05) is 13.1 Å². The Morgan fingerprint density at radius 3 is 1.79 bits per heavy atom. The molecule has 2 aromatic rings. The van der Waals surface area contributed by atoms with E-state index < -0.39 is 0 Å². The standard InChI is InChI=1S/C23H31N3O2/c1-5-26(16-21(27)24-17(2)3)18(4)23(28)25-22(19-12-8-6-9-13-19)20-14-10-7-11-15-20/h6-15,17-18,22H,5,16H2,1-4H3,(H,24,27)(H,25,28)/p+1/t18-/m1/s1. The molecule has 0 aromatic heterocycles. The van der Waals surface area contributed by atoms with Crippen molar-refractivity contribution in [1.29, 1.82) is 0 Å². The van der Waals surface area contributed by atoms with Crippen LogP contribution >= 0.6 is 0 Å². The highest BCUT2D eigenvalue weighted by Crippen LogP contribution is 2.21. The molecule has 2 amide bonds. The van der Waals surface area contributed by atoms with Gasteiger partial charge in [0.05, 0.1) is 12.6 Å². The summed E-state index contributed by atoms with van der Waals surface area (Å²) < 4.78 is 0. The summed E-state index contributed by atoms with van der Waals surface area (Å²) in [6.45, 7) is 8.72. The van der Waals surface area contributed by atoms with Gasteiger partial charge in [-0.15, -0.1) is 0 Å². The lowest BCUT2D eigenvalue weighted by molar-refractivity contribution is -0.904. The van der Waals surface area contributed by atoms with Gasteiger partial charge in [-0.1, -0.05) is 60.7 Å². The molecule has 0 aliphatic heterocycles. The number of rotatable bonds is 9. The molecule has 28 heavy (non-hydrogen) atoms. The average Bonchev–Trinajstić information content (AvgIpc) is 2.70. The molecule has 5 nitrogen and oxygen atoms in total. The van der Waals surface area contributed by atoms with Crippen molar-refractivity contribution in [1.82, 2.24) is 10.6 Å². The van der Waals surface area contributed by atoms with E-state index in [1.165, 1.54) is 0 Å². The first-order valence-corrected chi connectivity index (χ1v) is 9.96. The molecule has 5 heteroatoms. The zero-order chi connectivity index (χ0) is 20.5. The van der Waals surface area contributed by atoms with E-state index in [2.05, 4.69) is 10.6 Å². The van der Waals surface area contributed by atoms with Gasteiger partial charge in [-0.25, -0.2) is 0 Å². The second-order valence-corrected chi connectivity index (χ2v) is 7.40. The Labute approximate surface area is 168 Å². The van der Waals surface area contributed by atoms with E-state index in [1.807, 2.05) is 88.4 Å². The normalized spacial score (nSPS) is 13.2. The monoisotopic (exact) mass is 382 g/mol. The van der Waals surface area contributed by atoms with Crippen molar-refractivity contribution in [2.24, 2.45) is 0 Å². The van der Waals surface area contributed by atoms with Gasteiger partial charge < -0.3 is 15.5 Å². The van der Waals surface area contributed by atoms with E-state index >= 15 is 0 Å². The molecule has 0 saturated heterocycles. The predicted molar refractivity (Wildman–Crippen MR) is 112 cm³/mol.